The van der Waals surface area contributed by atoms with E-state index in [-0.39, 0.29) is 0 Å². The monoisotopic (exact) mass is 325 g/mol. The van der Waals surface area contributed by atoms with Gasteiger partial charge in [0.1, 0.15) is 11.5 Å². The first-order chi connectivity index (χ1) is 11.8. The molecule has 124 valence electrons. The maximum absolute atomic E-state index is 5.68. The van der Waals surface area contributed by atoms with Crippen LogP contribution in [0.5, 0.6) is 11.5 Å². The second-order valence-electron chi connectivity index (χ2n) is 5.17. The van der Waals surface area contributed by atoms with Gasteiger partial charge in [-0.05, 0) is 17.7 Å². The van der Waals surface area contributed by atoms with Crippen LogP contribution in [0.25, 0.3) is 0 Å². The Labute approximate surface area is 140 Å². The second-order valence-corrected chi connectivity index (χ2v) is 5.17. The van der Waals surface area contributed by atoms with Crippen molar-refractivity contribution >= 4 is 5.69 Å². The molecule has 0 atom stereocenters. The van der Waals surface area contributed by atoms with Gasteiger partial charge in [0.25, 0.3) is 0 Å². The molecular formula is C18H19N3O3. The van der Waals surface area contributed by atoms with Crippen molar-refractivity contribution in [1.29, 1.82) is 0 Å². The summed E-state index contributed by atoms with van der Waals surface area (Å²) in [6, 6.07) is 15.6. The SMILES string of the molecule is COc1ccc(OC)c(NCc2nnc(Cc3ccccc3)o2)c1. The molecule has 0 amide bonds. The average molecular weight is 325 g/mol. The van der Waals surface area contributed by atoms with E-state index in [1.807, 2.05) is 48.5 Å². The fourth-order valence-electron chi connectivity index (χ4n) is 2.32. The highest BCUT2D eigenvalue weighted by Gasteiger charge is 2.09. The van der Waals surface area contributed by atoms with Gasteiger partial charge in [0.05, 0.1) is 32.9 Å². The van der Waals surface area contributed by atoms with Gasteiger partial charge in [-0.15, -0.1) is 10.2 Å². The highest BCUT2D eigenvalue weighted by molar-refractivity contribution is 5.59. The van der Waals surface area contributed by atoms with Crippen molar-refractivity contribution in [3.63, 3.8) is 0 Å². The Morgan fingerprint density at radius 2 is 1.75 bits per heavy atom. The normalized spacial score (nSPS) is 10.4. The van der Waals surface area contributed by atoms with E-state index in [0.29, 0.717) is 24.7 Å². The van der Waals surface area contributed by atoms with Crippen molar-refractivity contribution in [2.75, 3.05) is 19.5 Å². The molecule has 6 nitrogen and oxygen atoms in total. The molecule has 0 aliphatic rings. The van der Waals surface area contributed by atoms with E-state index in [1.165, 1.54) is 0 Å². The zero-order valence-corrected chi connectivity index (χ0v) is 13.7. The predicted molar refractivity (Wildman–Crippen MR) is 90.4 cm³/mol. The number of aromatic nitrogens is 2. The van der Waals surface area contributed by atoms with Gasteiger partial charge in [0, 0.05) is 6.07 Å². The summed E-state index contributed by atoms with van der Waals surface area (Å²) in [4.78, 5) is 0. The topological polar surface area (TPSA) is 69.4 Å². The minimum Gasteiger partial charge on any atom is -0.497 e. The summed E-state index contributed by atoms with van der Waals surface area (Å²) in [6.07, 6.45) is 0.621. The lowest BCUT2D eigenvalue weighted by Crippen LogP contribution is -2.02. The lowest BCUT2D eigenvalue weighted by molar-refractivity contribution is 0.404. The first-order valence-electron chi connectivity index (χ1n) is 7.59. The van der Waals surface area contributed by atoms with Gasteiger partial charge < -0.3 is 19.2 Å². The third-order valence-electron chi connectivity index (χ3n) is 3.54. The van der Waals surface area contributed by atoms with Crippen LogP contribution in [0.4, 0.5) is 5.69 Å². The zero-order chi connectivity index (χ0) is 16.8. The molecule has 0 aliphatic carbocycles. The van der Waals surface area contributed by atoms with Crippen molar-refractivity contribution in [2.24, 2.45) is 0 Å². The number of hydrogen-bond donors (Lipinski definition) is 1. The molecular weight excluding hydrogens is 306 g/mol. The Hall–Kier alpha value is -3.02. The van der Waals surface area contributed by atoms with Crippen LogP contribution in [0.1, 0.15) is 17.3 Å². The summed E-state index contributed by atoms with van der Waals surface area (Å²) < 4.78 is 16.2. The molecule has 0 saturated heterocycles. The van der Waals surface area contributed by atoms with Gasteiger partial charge in [-0.2, -0.15) is 0 Å². The van der Waals surface area contributed by atoms with Crippen molar-refractivity contribution in [3.8, 4) is 11.5 Å². The molecule has 0 aliphatic heterocycles. The number of hydrogen-bond acceptors (Lipinski definition) is 6. The molecule has 0 radical (unpaired) electrons. The van der Waals surface area contributed by atoms with Crippen molar-refractivity contribution in [2.45, 2.75) is 13.0 Å². The second kappa shape index (κ2) is 7.50. The number of methoxy groups -OCH3 is 2. The smallest absolute Gasteiger partial charge is 0.235 e. The molecule has 3 rings (SSSR count). The Morgan fingerprint density at radius 3 is 2.50 bits per heavy atom. The molecule has 1 aromatic heterocycles. The minimum absolute atomic E-state index is 0.408. The summed E-state index contributed by atoms with van der Waals surface area (Å²) in [5.41, 5.74) is 1.94. The summed E-state index contributed by atoms with van der Waals surface area (Å²) in [7, 11) is 3.25. The van der Waals surface area contributed by atoms with Crippen LogP contribution in [0.15, 0.2) is 52.9 Å². The molecule has 6 heteroatoms. The van der Waals surface area contributed by atoms with Gasteiger partial charge in [-0.1, -0.05) is 30.3 Å². The van der Waals surface area contributed by atoms with Crippen molar-refractivity contribution in [1.82, 2.24) is 10.2 Å². The number of ether oxygens (including phenoxy) is 2. The zero-order valence-electron chi connectivity index (χ0n) is 13.7. The predicted octanol–water partition coefficient (Wildman–Crippen LogP) is 3.29. The van der Waals surface area contributed by atoms with Crippen LogP contribution in [0, 0.1) is 0 Å². The van der Waals surface area contributed by atoms with Crippen LogP contribution >= 0.6 is 0 Å². The highest BCUT2D eigenvalue weighted by atomic mass is 16.5. The summed E-state index contributed by atoms with van der Waals surface area (Å²) in [5, 5.41) is 11.4. The van der Waals surface area contributed by atoms with E-state index in [1.54, 1.807) is 14.2 Å². The van der Waals surface area contributed by atoms with Crippen LogP contribution in [0.3, 0.4) is 0 Å². The van der Waals surface area contributed by atoms with Gasteiger partial charge in [-0.3, -0.25) is 0 Å². The highest BCUT2D eigenvalue weighted by Crippen LogP contribution is 2.29. The molecule has 0 bridgehead atoms. The molecule has 0 unspecified atom stereocenters. The molecule has 2 aromatic carbocycles. The quantitative estimate of drug-likeness (QED) is 0.719. The summed E-state index contributed by atoms with van der Waals surface area (Å²) >= 11 is 0. The van der Waals surface area contributed by atoms with Gasteiger partial charge in [-0.25, -0.2) is 0 Å². The van der Waals surface area contributed by atoms with E-state index in [9.17, 15) is 0 Å². The van der Waals surface area contributed by atoms with E-state index in [4.69, 9.17) is 13.9 Å². The molecule has 0 saturated carbocycles. The standard InChI is InChI=1S/C18H19N3O3/c1-22-14-8-9-16(23-2)15(11-14)19-12-18-21-20-17(24-18)10-13-6-4-3-5-7-13/h3-9,11,19H,10,12H2,1-2H3. The molecule has 0 spiro atoms. The van der Waals surface area contributed by atoms with E-state index in [2.05, 4.69) is 15.5 Å². The van der Waals surface area contributed by atoms with Crippen molar-refractivity contribution < 1.29 is 13.9 Å². The molecule has 0 fully saturated rings. The van der Waals surface area contributed by atoms with Crippen LogP contribution in [0.2, 0.25) is 0 Å². The summed E-state index contributed by atoms with van der Waals surface area (Å²) in [5.74, 6) is 2.58. The molecule has 24 heavy (non-hydrogen) atoms. The third-order valence-corrected chi connectivity index (χ3v) is 3.54. The molecule has 3 aromatic rings. The van der Waals surface area contributed by atoms with Gasteiger partial charge in [0.15, 0.2) is 0 Å². The number of anilines is 1. The number of rotatable bonds is 7. The number of benzene rings is 2. The average Bonchev–Trinajstić information content (AvgIpc) is 3.08. The van der Waals surface area contributed by atoms with Crippen LogP contribution in [-0.2, 0) is 13.0 Å². The Kier molecular flexibility index (Phi) is 4.96. The Balaban J connectivity index is 1.65. The van der Waals surface area contributed by atoms with E-state index in [0.717, 1.165) is 22.7 Å². The Morgan fingerprint density at radius 1 is 0.958 bits per heavy atom. The molecule has 1 heterocycles. The minimum atomic E-state index is 0.408. The first-order valence-corrected chi connectivity index (χ1v) is 7.59. The van der Waals surface area contributed by atoms with Gasteiger partial charge >= 0.3 is 0 Å². The lowest BCUT2D eigenvalue weighted by Gasteiger charge is -2.11. The number of nitrogens with zero attached hydrogens (tertiary/aromatic N) is 2. The summed E-state index contributed by atoms with van der Waals surface area (Å²) in [6.45, 7) is 0.408. The third kappa shape index (κ3) is 3.84. The van der Waals surface area contributed by atoms with E-state index < -0.39 is 0 Å². The fraction of sp³-hybridized carbons (Fsp3) is 0.222. The van der Waals surface area contributed by atoms with Gasteiger partial charge in [0.2, 0.25) is 11.8 Å². The fourth-order valence-corrected chi connectivity index (χ4v) is 2.32. The van der Waals surface area contributed by atoms with Crippen molar-refractivity contribution in [3.05, 3.63) is 65.9 Å². The number of nitrogens with one attached hydrogen (secondary N) is 1. The van der Waals surface area contributed by atoms with Crippen LogP contribution < -0.4 is 14.8 Å². The largest absolute Gasteiger partial charge is 0.497 e. The first kappa shape index (κ1) is 15.9. The van der Waals surface area contributed by atoms with Crippen LogP contribution in [-0.4, -0.2) is 24.4 Å². The Bertz CT molecular complexity index is 787. The van der Waals surface area contributed by atoms with E-state index >= 15 is 0 Å². The lowest BCUT2D eigenvalue weighted by atomic mass is 10.2. The maximum atomic E-state index is 5.68. The molecule has 1 N–H and O–H groups in total. The maximum Gasteiger partial charge on any atom is 0.235 e.